The van der Waals surface area contributed by atoms with Crippen molar-refractivity contribution in [3.8, 4) is 28.3 Å². The van der Waals surface area contributed by atoms with Crippen LogP contribution in [0.1, 0.15) is 48.4 Å². The number of carboxylic acid groups (broad SMARTS) is 1. The summed E-state index contributed by atoms with van der Waals surface area (Å²) in [6, 6.07) is 22.2. The number of hydrogen-bond donors (Lipinski definition) is 1. The molecule has 1 aliphatic rings. The lowest BCUT2D eigenvalue weighted by Crippen LogP contribution is -2.37. The standard InChI is InChI=1S/C35H38N2O6/c1-23(2)22-42-35(40)37-19-17-29-30(21-37)27(14-16-33(38)39)13-15-32(29)41-20-18-31-24(3)43-34(36-31)28-11-9-26(10-12-28)25-7-5-4-6-8-25/h4-13,15,23H,14,16-22H2,1-3H3,(H,38,39). The van der Waals surface area contributed by atoms with Crippen molar-refractivity contribution in [2.45, 2.75) is 53.0 Å². The molecule has 224 valence electrons. The SMILES string of the molecule is Cc1oc(-c2ccc(-c3ccccc3)cc2)nc1CCOc1ccc(CCC(=O)O)c2c1CCN(C(=O)OCC(C)C)C2. The predicted octanol–water partition coefficient (Wildman–Crippen LogP) is 7.11. The lowest BCUT2D eigenvalue weighted by molar-refractivity contribution is -0.136. The fourth-order valence-electron chi connectivity index (χ4n) is 5.28. The Kier molecular flexibility index (Phi) is 9.45. The van der Waals surface area contributed by atoms with Crippen LogP contribution in [-0.4, -0.2) is 46.8 Å². The van der Waals surface area contributed by atoms with Gasteiger partial charge in [0.1, 0.15) is 11.5 Å². The van der Waals surface area contributed by atoms with Gasteiger partial charge in [-0.25, -0.2) is 9.78 Å². The molecule has 1 N–H and O–H groups in total. The van der Waals surface area contributed by atoms with Crippen LogP contribution in [-0.2, 0) is 35.3 Å². The van der Waals surface area contributed by atoms with Crippen molar-refractivity contribution in [1.82, 2.24) is 9.88 Å². The fourth-order valence-corrected chi connectivity index (χ4v) is 5.28. The molecule has 4 aromatic rings. The predicted molar refractivity (Wildman–Crippen MR) is 164 cm³/mol. The van der Waals surface area contributed by atoms with E-state index in [-0.39, 0.29) is 18.4 Å². The number of ether oxygens (including phenoxy) is 2. The number of benzene rings is 3. The monoisotopic (exact) mass is 582 g/mol. The van der Waals surface area contributed by atoms with Crippen molar-refractivity contribution in [1.29, 1.82) is 0 Å². The molecule has 1 amide bonds. The molecule has 0 radical (unpaired) electrons. The van der Waals surface area contributed by atoms with E-state index in [1.165, 1.54) is 0 Å². The first-order valence-corrected chi connectivity index (χ1v) is 14.8. The van der Waals surface area contributed by atoms with Gasteiger partial charge in [-0.05, 0) is 66.1 Å². The Morgan fingerprint density at radius 3 is 2.40 bits per heavy atom. The summed E-state index contributed by atoms with van der Waals surface area (Å²) < 4.78 is 17.7. The van der Waals surface area contributed by atoms with Gasteiger partial charge in [-0.3, -0.25) is 4.79 Å². The highest BCUT2D eigenvalue weighted by atomic mass is 16.6. The van der Waals surface area contributed by atoms with Gasteiger partial charge in [0.15, 0.2) is 0 Å². The van der Waals surface area contributed by atoms with Crippen LogP contribution in [0.5, 0.6) is 5.75 Å². The Morgan fingerprint density at radius 1 is 0.953 bits per heavy atom. The van der Waals surface area contributed by atoms with Crippen LogP contribution in [0.25, 0.3) is 22.6 Å². The van der Waals surface area contributed by atoms with Crippen LogP contribution in [0.2, 0.25) is 0 Å². The summed E-state index contributed by atoms with van der Waals surface area (Å²) in [4.78, 5) is 30.4. The second-order valence-corrected chi connectivity index (χ2v) is 11.3. The maximum Gasteiger partial charge on any atom is 0.410 e. The molecule has 0 atom stereocenters. The number of aliphatic carboxylic acids is 1. The van der Waals surface area contributed by atoms with Crippen molar-refractivity contribution >= 4 is 12.1 Å². The van der Waals surface area contributed by atoms with Gasteiger partial charge >= 0.3 is 12.1 Å². The maximum atomic E-state index is 12.7. The normalized spacial score (nSPS) is 12.7. The molecular weight excluding hydrogens is 544 g/mol. The van der Waals surface area contributed by atoms with E-state index in [0.29, 0.717) is 51.5 Å². The lowest BCUT2D eigenvalue weighted by atomic mass is 9.92. The van der Waals surface area contributed by atoms with Crippen LogP contribution >= 0.6 is 0 Å². The van der Waals surface area contributed by atoms with E-state index in [2.05, 4.69) is 24.3 Å². The minimum atomic E-state index is -0.854. The summed E-state index contributed by atoms with van der Waals surface area (Å²) in [5.74, 6) is 1.48. The zero-order chi connectivity index (χ0) is 30.3. The van der Waals surface area contributed by atoms with E-state index < -0.39 is 5.97 Å². The number of carbonyl (C=O) groups excluding carboxylic acids is 1. The molecule has 0 spiro atoms. The van der Waals surface area contributed by atoms with Gasteiger partial charge in [0.05, 0.1) is 18.9 Å². The highest BCUT2D eigenvalue weighted by Crippen LogP contribution is 2.33. The van der Waals surface area contributed by atoms with Crippen LogP contribution in [0.4, 0.5) is 4.79 Å². The molecule has 0 fully saturated rings. The van der Waals surface area contributed by atoms with Crippen LogP contribution in [0.15, 0.2) is 71.1 Å². The third-order valence-corrected chi connectivity index (χ3v) is 7.60. The maximum absolute atomic E-state index is 12.7. The number of fused-ring (bicyclic) bond motifs is 1. The minimum absolute atomic E-state index is 0.0210. The number of amides is 1. The number of aryl methyl sites for hydroxylation is 2. The van der Waals surface area contributed by atoms with Gasteiger partial charge in [-0.2, -0.15) is 0 Å². The van der Waals surface area contributed by atoms with Crippen LogP contribution in [0, 0.1) is 12.8 Å². The Bertz CT molecular complexity index is 1560. The van der Waals surface area contributed by atoms with E-state index in [4.69, 9.17) is 18.9 Å². The third kappa shape index (κ3) is 7.44. The first-order chi connectivity index (χ1) is 20.8. The summed E-state index contributed by atoms with van der Waals surface area (Å²) in [6.07, 6.45) is 1.24. The summed E-state index contributed by atoms with van der Waals surface area (Å²) in [5, 5.41) is 9.25. The molecule has 0 saturated heterocycles. The van der Waals surface area contributed by atoms with Gasteiger partial charge in [0, 0.05) is 37.1 Å². The average Bonchev–Trinajstić information content (AvgIpc) is 3.39. The largest absolute Gasteiger partial charge is 0.493 e. The zero-order valence-corrected chi connectivity index (χ0v) is 25.0. The molecular formula is C35H38N2O6. The molecule has 1 aromatic heterocycles. The van der Waals surface area contributed by atoms with Gasteiger partial charge in [0.25, 0.3) is 0 Å². The number of hydrogen-bond acceptors (Lipinski definition) is 6. The molecule has 2 heterocycles. The number of carbonyl (C=O) groups is 2. The molecule has 0 aliphatic carbocycles. The van der Waals surface area contributed by atoms with E-state index in [1.807, 2.05) is 63.2 Å². The fraction of sp³-hybridized carbons (Fsp3) is 0.343. The third-order valence-electron chi connectivity index (χ3n) is 7.60. The van der Waals surface area contributed by atoms with Crippen molar-refractivity contribution < 1.29 is 28.6 Å². The Hall–Kier alpha value is -4.59. The van der Waals surface area contributed by atoms with Crippen LogP contribution in [0.3, 0.4) is 0 Å². The second kappa shape index (κ2) is 13.6. The average molecular weight is 583 g/mol. The van der Waals surface area contributed by atoms with Crippen molar-refractivity contribution in [2.75, 3.05) is 19.8 Å². The molecule has 0 unspecified atom stereocenters. The Labute approximate surface area is 252 Å². The summed E-state index contributed by atoms with van der Waals surface area (Å²) in [5.41, 5.74) is 6.93. The molecule has 0 bridgehead atoms. The molecule has 3 aromatic carbocycles. The molecule has 43 heavy (non-hydrogen) atoms. The van der Waals surface area contributed by atoms with Gasteiger partial charge in [-0.1, -0.05) is 62.4 Å². The van der Waals surface area contributed by atoms with E-state index in [1.54, 1.807) is 4.90 Å². The summed E-state index contributed by atoms with van der Waals surface area (Å²) in [7, 11) is 0. The molecule has 8 nitrogen and oxygen atoms in total. The number of nitrogens with zero attached hydrogens (tertiary/aromatic N) is 2. The van der Waals surface area contributed by atoms with Gasteiger partial charge in [-0.15, -0.1) is 0 Å². The molecule has 0 saturated carbocycles. The Balaban J connectivity index is 1.26. The highest BCUT2D eigenvalue weighted by Gasteiger charge is 2.27. The number of rotatable bonds is 11. The number of aromatic nitrogens is 1. The first-order valence-electron chi connectivity index (χ1n) is 14.8. The van der Waals surface area contributed by atoms with Gasteiger partial charge in [0.2, 0.25) is 5.89 Å². The zero-order valence-electron chi connectivity index (χ0n) is 25.0. The topological polar surface area (TPSA) is 102 Å². The van der Waals surface area contributed by atoms with Crippen molar-refractivity contribution in [3.05, 3.63) is 94.9 Å². The Morgan fingerprint density at radius 2 is 1.67 bits per heavy atom. The van der Waals surface area contributed by atoms with Gasteiger partial charge < -0.3 is 23.9 Å². The first kappa shape index (κ1) is 29.9. The lowest BCUT2D eigenvalue weighted by Gasteiger charge is -2.31. The number of oxazole rings is 1. The summed E-state index contributed by atoms with van der Waals surface area (Å²) >= 11 is 0. The highest BCUT2D eigenvalue weighted by molar-refractivity contribution is 5.70. The van der Waals surface area contributed by atoms with E-state index in [0.717, 1.165) is 50.6 Å². The second-order valence-electron chi connectivity index (χ2n) is 11.3. The van der Waals surface area contributed by atoms with Crippen molar-refractivity contribution in [3.63, 3.8) is 0 Å². The quantitative estimate of drug-likeness (QED) is 0.201. The molecule has 5 rings (SSSR count). The van der Waals surface area contributed by atoms with E-state index >= 15 is 0 Å². The minimum Gasteiger partial charge on any atom is -0.493 e. The number of carboxylic acids is 1. The molecule has 1 aliphatic heterocycles. The van der Waals surface area contributed by atoms with Crippen molar-refractivity contribution in [2.24, 2.45) is 5.92 Å². The van der Waals surface area contributed by atoms with Crippen LogP contribution < -0.4 is 4.74 Å². The van der Waals surface area contributed by atoms with E-state index in [9.17, 15) is 14.7 Å². The summed E-state index contributed by atoms with van der Waals surface area (Å²) in [6.45, 7) is 7.55. The molecule has 8 heteroatoms. The smallest absolute Gasteiger partial charge is 0.410 e.